The first-order chi connectivity index (χ1) is 62.4. The first-order valence-corrected chi connectivity index (χ1v) is 45.4. The van der Waals surface area contributed by atoms with Crippen molar-refractivity contribution in [3.63, 3.8) is 0 Å². The molecule has 20 aromatic carbocycles. The van der Waals surface area contributed by atoms with Gasteiger partial charge in [-0.1, -0.05) is 292 Å². The quantitative estimate of drug-likeness (QED) is 0.0977. The van der Waals surface area contributed by atoms with Crippen molar-refractivity contribution in [1.82, 2.24) is 4.40 Å². The molecule has 8 heteroatoms. The molecule has 22 rings (SSSR count). The van der Waals surface area contributed by atoms with Crippen molar-refractivity contribution >= 4 is 187 Å². The molecular formula is C120H92Br2N6. The summed E-state index contributed by atoms with van der Waals surface area (Å²) in [6.07, 6.45) is 0. The average Bonchev–Trinajstić information content (AvgIpc) is 1.53. The Bertz CT molecular complexity index is 7320. The van der Waals surface area contributed by atoms with Gasteiger partial charge in [-0.3, -0.25) is 0 Å². The second-order valence-electron chi connectivity index (χ2n) is 35.4. The van der Waals surface area contributed by atoms with Crippen molar-refractivity contribution in [2.75, 3.05) is 25.3 Å². The van der Waals surface area contributed by atoms with Crippen molar-refractivity contribution in [3.05, 3.63) is 457 Å². The van der Waals surface area contributed by atoms with E-state index in [9.17, 15) is 0 Å². The molecule has 0 unspecified atom stereocenters. The summed E-state index contributed by atoms with van der Waals surface area (Å²) in [7, 11) is 0. The molecule has 0 aliphatic rings. The Balaban J connectivity index is 0.000000156. The first-order valence-electron chi connectivity index (χ1n) is 43.8. The van der Waals surface area contributed by atoms with Crippen LogP contribution in [0.2, 0.25) is 0 Å². The minimum atomic E-state index is 0.0417. The number of benzene rings is 20. The van der Waals surface area contributed by atoms with E-state index in [1.807, 2.05) is 0 Å². The molecule has 6 nitrogen and oxygen atoms in total. The molecule has 0 saturated carbocycles. The van der Waals surface area contributed by atoms with E-state index in [2.05, 4.69) is 534 Å². The number of nitrogen functional groups attached to an aromatic ring is 1. The van der Waals surface area contributed by atoms with Crippen LogP contribution >= 0.6 is 31.9 Å². The lowest BCUT2D eigenvalue weighted by molar-refractivity contribution is 0.590. The number of para-hydroxylation sites is 8. The molecule has 2 N–H and O–H groups in total. The molecule has 0 spiro atoms. The number of fused-ring (bicyclic) bond motifs is 10. The van der Waals surface area contributed by atoms with Gasteiger partial charge >= 0.3 is 0 Å². The van der Waals surface area contributed by atoms with Gasteiger partial charge in [0.2, 0.25) is 0 Å². The predicted octanol–water partition coefficient (Wildman–Crippen LogP) is 35.4. The fourth-order valence-electron chi connectivity index (χ4n) is 18.7. The topological polar surface area (TPSA) is 43.4 Å². The molecule has 22 aromatic rings. The molecule has 0 fully saturated rings. The number of rotatable bonds is 16. The van der Waals surface area contributed by atoms with Crippen molar-refractivity contribution in [1.29, 1.82) is 0 Å². The van der Waals surface area contributed by atoms with Gasteiger partial charge in [0.25, 0.3) is 0 Å². The largest absolute Gasteiger partial charge is 0.398 e. The van der Waals surface area contributed by atoms with E-state index in [0.717, 1.165) is 132 Å². The molecule has 0 atom stereocenters. The average molecular weight is 1780 g/mol. The van der Waals surface area contributed by atoms with Gasteiger partial charge in [-0.2, -0.15) is 0 Å². The molecule has 2 aromatic heterocycles. The third kappa shape index (κ3) is 15.3. The van der Waals surface area contributed by atoms with Crippen molar-refractivity contribution in [2.24, 2.45) is 0 Å². The highest BCUT2D eigenvalue weighted by Crippen LogP contribution is 2.51. The lowest BCUT2D eigenvalue weighted by atomic mass is 9.85. The van der Waals surface area contributed by atoms with Gasteiger partial charge in [-0.25, -0.2) is 0 Å². The van der Waals surface area contributed by atoms with Crippen molar-refractivity contribution < 1.29 is 0 Å². The SMILES string of the molecule is CC(C)(C)c1ccc(-c2cc(-c3cc4ccc(N(c5ccccc5)c5ccccc5)cc4cc3Br)c(N)c(-c3cc4ccc(N(c5ccccc5)c5ccccc5)cc4cc3Br)c2)cc1.CC(C)(C)c1ccc(-c2cc3c4cc5ccc(N(c6ccccc6)c6ccccc6)cc5cc4n4c5cc6cc(N(c7ccccc7)c7ccccc7)ccc6cc5c(c2)c34)cc1. The number of nitrogens with two attached hydrogens (primary N) is 1. The summed E-state index contributed by atoms with van der Waals surface area (Å²) >= 11 is 8.10. The van der Waals surface area contributed by atoms with Gasteiger partial charge in [0, 0.05) is 116 Å². The number of aromatic nitrogens is 1. The van der Waals surface area contributed by atoms with Crippen LogP contribution in [0.4, 0.5) is 73.9 Å². The Hall–Kier alpha value is -14.8. The fourth-order valence-corrected chi connectivity index (χ4v) is 19.8. The Labute approximate surface area is 764 Å². The number of nitrogens with zero attached hydrogens (tertiary/aromatic N) is 5. The lowest BCUT2D eigenvalue weighted by Gasteiger charge is -2.26. The minimum absolute atomic E-state index is 0.0417. The van der Waals surface area contributed by atoms with Gasteiger partial charge in [-0.15, -0.1) is 0 Å². The van der Waals surface area contributed by atoms with Gasteiger partial charge < -0.3 is 29.7 Å². The Morgan fingerprint density at radius 3 is 0.727 bits per heavy atom. The van der Waals surface area contributed by atoms with Gasteiger partial charge in [0.15, 0.2) is 0 Å². The number of anilines is 13. The van der Waals surface area contributed by atoms with Crippen LogP contribution in [0.25, 0.3) is 126 Å². The third-order valence-electron chi connectivity index (χ3n) is 25.2. The second kappa shape index (κ2) is 33.3. The van der Waals surface area contributed by atoms with Crippen molar-refractivity contribution in [3.8, 4) is 44.5 Å². The van der Waals surface area contributed by atoms with E-state index < -0.39 is 0 Å². The molecule has 0 bridgehead atoms. The molecule has 128 heavy (non-hydrogen) atoms. The maximum absolute atomic E-state index is 7.43. The molecule has 616 valence electrons. The highest BCUT2D eigenvalue weighted by atomic mass is 79.9. The van der Waals surface area contributed by atoms with E-state index in [1.54, 1.807) is 0 Å². The molecule has 0 aliphatic carbocycles. The fraction of sp³-hybridized carbons (Fsp3) is 0.0667. The Kier molecular flexibility index (Phi) is 20.9. The van der Waals surface area contributed by atoms with Crippen LogP contribution in [0, 0.1) is 0 Å². The first kappa shape index (κ1) is 80.3. The van der Waals surface area contributed by atoms with E-state index in [4.69, 9.17) is 5.73 Å². The summed E-state index contributed by atoms with van der Waals surface area (Å²) in [5, 5.41) is 14.4. The van der Waals surface area contributed by atoms with Gasteiger partial charge in [-0.05, 0) is 317 Å². The Morgan fingerprint density at radius 2 is 0.461 bits per heavy atom. The summed E-state index contributed by atoms with van der Waals surface area (Å²) in [4.78, 5) is 9.29. The van der Waals surface area contributed by atoms with Crippen LogP contribution < -0.4 is 25.3 Å². The molecule has 0 amide bonds. The van der Waals surface area contributed by atoms with Crippen LogP contribution in [-0.2, 0) is 10.8 Å². The van der Waals surface area contributed by atoms with Gasteiger partial charge in [0.05, 0.1) is 16.6 Å². The zero-order valence-corrected chi connectivity index (χ0v) is 75.3. The van der Waals surface area contributed by atoms with E-state index in [1.165, 1.54) is 81.9 Å². The Morgan fingerprint density at radius 1 is 0.211 bits per heavy atom. The number of hydrogen-bond acceptors (Lipinski definition) is 5. The molecule has 0 saturated heterocycles. The number of halogens is 2. The highest BCUT2D eigenvalue weighted by Gasteiger charge is 2.27. The second-order valence-corrected chi connectivity index (χ2v) is 37.2. The summed E-state index contributed by atoms with van der Waals surface area (Å²) in [5.74, 6) is 0. The van der Waals surface area contributed by atoms with Crippen LogP contribution in [-0.4, -0.2) is 4.40 Å². The van der Waals surface area contributed by atoms with Crippen molar-refractivity contribution in [2.45, 2.75) is 52.4 Å². The molecule has 0 aliphatic heterocycles. The van der Waals surface area contributed by atoms with E-state index >= 15 is 0 Å². The summed E-state index contributed by atoms with van der Waals surface area (Å²) in [6.45, 7) is 13.6. The van der Waals surface area contributed by atoms with Crippen LogP contribution in [0.3, 0.4) is 0 Å². The summed E-state index contributed by atoms with van der Waals surface area (Å²) in [6, 6.07) is 158. The highest BCUT2D eigenvalue weighted by molar-refractivity contribution is 9.11. The van der Waals surface area contributed by atoms with Crippen LogP contribution in [0.1, 0.15) is 52.7 Å². The molecule has 2 heterocycles. The smallest absolute Gasteiger partial charge is 0.0620 e. The maximum atomic E-state index is 7.43. The standard InChI is InChI=1S/C60H47Br2N3.C60H45N3/c1-60(2,3)46-28-24-40(25-29-46)45-36-55(53-34-41-26-30-51(32-43(41)38-57(53)61)64(47-16-8-4-9-17-47)48-18-10-5-11-19-48)59(63)56(37-45)54-35-42-27-31-52(33-44(42)39-58(54)62)65(49-20-12-6-13-21-49)50-22-14-7-15-23-50;1-60(2,3)46-28-24-40(25-29-46)45-36-55-53-34-41-26-30-51(61(47-16-8-4-9-17-47)48-18-10-5-11-19-48)32-43(41)38-57(53)63-58-39-44-33-52(31-27-42(44)35-54(58)56(37-45)59(55)63)62(49-20-12-6-13-21-49)50-22-14-7-15-23-50/h4-39H,63H2,1-3H3;4-39H,1-3H3. The molecular weight excluding hydrogens is 1690 g/mol. The normalized spacial score (nSPS) is 11.8. The predicted molar refractivity (Wildman–Crippen MR) is 555 cm³/mol. The van der Waals surface area contributed by atoms with Crippen LogP contribution in [0.5, 0.6) is 0 Å². The summed E-state index contributed by atoms with van der Waals surface area (Å²) < 4.78 is 4.48. The lowest BCUT2D eigenvalue weighted by Crippen LogP contribution is -2.10. The maximum Gasteiger partial charge on any atom is 0.0620 e. The number of hydrogen-bond donors (Lipinski definition) is 1. The van der Waals surface area contributed by atoms with E-state index in [0.29, 0.717) is 5.69 Å². The van der Waals surface area contributed by atoms with Crippen LogP contribution in [0.15, 0.2) is 446 Å². The minimum Gasteiger partial charge on any atom is -0.398 e. The summed E-state index contributed by atoms with van der Waals surface area (Å²) in [5.41, 5.74) is 36.6. The monoisotopic (exact) mass is 1770 g/mol. The molecule has 0 radical (unpaired) electrons. The zero-order valence-electron chi connectivity index (χ0n) is 72.1. The van der Waals surface area contributed by atoms with Gasteiger partial charge in [0.1, 0.15) is 0 Å². The van der Waals surface area contributed by atoms with E-state index in [-0.39, 0.29) is 10.8 Å². The zero-order chi connectivity index (χ0) is 86.9. The third-order valence-corrected chi connectivity index (χ3v) is 26.5.